The second-order valence-electron chi connectivity index (χ2n) is 8.93. The van der Waals surface area contributed by atoms with Crippen LogP contribution in [0.2, 0.25) is 0 Å². The number of hydrogen-bond acceptors (Lipinski definition) is 5. The third-order valence-corrected chi connectivity index (χ3v) is 6.38. The minimum atomic E-state index is -4.60. The van der Waals surface area contributed by atoms with Crippen molar-refractivity contribution in [2.45, 2.75) is 6.18 Å². The number of fused-ring (bicyclic) bond motifs is 1. The fourth-order valence-corrected chi connectivity index (χ4v) is 4.46. The van der Waals surface area contributed by atoms with Crippen LogP contribution in [0.3, 0.4) is 0 Å². The normalized spacial score (nSPS) is 14.5. The molecule has 10 heteroatoms. The molecule has 2 N–H and O–H groups in total. The third-order valence-electron chi connectivity index (χ3n) is 6.38. The zero-order valence-electron chi connectivity index (χ0n) is 20.1. The quantitative estimate of drug-likeness (QED) is 0.371. The predicted molar refractivity (Wildman–Crippen MR) is 139 cm³/mol. The minimum Gasteiger partial charge on any atom is -0.368 e. The maximum atomic E-state index is 13.8. The molecule has 3 heterocycles. The van der Waals surface area contributed by atoms with E-state index in [9.17, 15) is 18.0 Å². The van der Waals surface area contributed by atoms with E-state index in [-0.39, 0.29) is 11.3 Å². The van der Waals surface area contributed by atoms with Gasteiger partial charge in [-0.2, -0.15) is 13.2 Å². The third kappa shape index (κ3) is 5.49. The van der Waals surface area contributed by atoms with Gasteiger partial charge in [-0.3, -0.25) is 9.97 Å². The van der Waals surface area contributed by atoms with Crippen LogP contribution in [-0.2, 0) is 6.18 Å². The summed E-state index contributed by atoms with van der Waals surface area (Å²) < 4.78 is 41.4. The number of nitrogens with zero attached hydrogens (tertiary/aromatic N) is 4. The number of likely N-dealkylation sites (N-methyl/N-ethyl adjacent to an activating group) is 1. The number of carbonyl (C=O) groups is 1. The number of pyridine rings is 2. The SMILES string of the molecule is CN1CCN(c2cccc3ncc(NC(=O)Nc4ccc(-c5ccncc5)c(C(F)(F)F)c4)cc23)CC1. The van der Waals surface area contributed by atoms with Crippen LogP contribution in [-0.4, -0.2) is 54.1 Å². The first-order chi connectivity index (χ1) is 17.8. The van der Waals surface area contributed by atoms with Gasteiger partial charge in [0.1, 0.15) is 0 Å². The molecule has 0 spiro atoms. The summed E-state index contributed by atoms with van der Waals surface area (Å²) in [5.41, 5.74) is 1.84. The van der Waals surface area contributed by atoms with Crippen molar-refractivity contribution in [1.82, 2.24) is 14.9 Å². The van der Waals surface area contributed by atoms with Crippen LogP contribution in [0.5, 0.6) is 0 Å². The van der Waals surface area contributed by atoms with Gasteiger partial charge in [-0.05, 0) is 60.6 Å². The molecule has 1 aliphatic rings. The molecule has 0 unspecified atom stereocenters. The monoisotopic (exact) mass is 506 g/mol. The second kappa shape index (κ2) is 10.1. The molecule has 2 aromatic carbocycles. The molecule has 0 bridgehead atoms. The zero-order valence-corrected chi connectivity index (χ0v) is 20.1. The van der Waals surface area contributed by atoms with Crippen LogP contribution >= 0.6 is 0 Å². The molecule has 0 saturated carbocycles. The number of halogens is 3. The molecule has 1 fully saturated rings. The van der Waals surface area contributed by atoms with E-state index in [1.807, 2.05) is 24.3 Å². The molecule has 7 nitrogen and oxygen atoms in total. The highest BCUT2D eigenvalue weighted by Gasteiger charge is 2.34. The van der Waals surface area contributed by atoms with Crippen LogP contribution in [0.15, 0.2) is 73.2 Å². The van der Waals surface area contributed by atoms with Crippen molar-refractivity contribution in [3.63, 3.8) is 0 Å². The molecule has 1 aliphatic heterocycles. The molecule has 190 valence electrons. The van der Waals surface area contributed by atoms with Gasteiger partial charge < -0.3 is 20.4 Å². The molecule has 2 aromatic heterocycles. The number of carbonyl (C=O) groups excluding carboxylic acids is 1. The van der Waals surface area contributed by atoms with Gasteiger partial charge in [0.05, 0.1) is 23.0 Å². The molecule has 5 rings (SSSR count). The van der Waals surface area contributed by atoms with Crippen LogP contribution in [0.4, 0.5) is 35.0 Å². The number of alkyl halides is 3. The van der Waals surface area contributed by atoms with E-state index in [1.165, 1.54) is 42.9 Å². The van der Waals surface area contributed by atoms with Crippen molar-refractivity contribution in [2.75, 3.05) is 48.8 Å². The minimum absolute atomic E-state index is 0.0102. The smallest absolute Gasteiger partial charge is 0.368 e. The van der Waals surface area contributed by atoms with E-state index in [0.717, 1.165) is 48.8 Å². The summed E-state index contributed by atoms with van der Waals surface area (Å²) in [5.74, 6) is 0. The van der Waals surface area contributed by atoms with Crippen LogP contribution < -0.4 is 15.5 Å². The zero-order chi connectivity index (χ0) is 26.0. The highest BCUT2D eigenvalue weighted by atomic mass is 19.4. The first-order valence-electron chi connectivity index (χ1n) is 11.8. The van der Waals surface area contributed by atoms with E-state index in [2.05, 4.69) is 37.4 Å². The van der Waals surface area contributed by atoms with Crippen molar-refractivity contribution < 1.29 is 18.0 Å². The van der Waals surface area contributed by atoms with Gasteiger partial charge in [0.15, 0.2) is 0 Å². The Morgan fingerprint density at radius 3 is 2.38 bits per heavy atom. The Hall–Kier alpha value is -4.18. The number of hydrogen-bond donors (Lipinski definition) is 2. The molecule has 0 aliphatic carbocycles. The Labute approximate surface area is 211 Å². The van der Waals surface area contributed by atoms with Gasteiger partial charge in [-0.1, -0.05) is 12.1 Å². The maximum Gasteiger partial charge on any atom is 0.417 e. The lowest BCUT2D eigenvalue weighted by molar-refractivity contribution is -0.137. The molecule has 37 heavy (non-hydrogen) atoms. The molecule has 4 aromatic rings. The number of rotatable bonds is 4. The molecule has 2 amide bonds. The number of anilines is 3. The number of amides is 2. The summed E-state index contributed by atoms with van der Waals surface area (Å²) in [4.78, 5) is 25.6. The molecular formula is C27H25F3N6O. The first-order valence-corrected chi connectivity index (χ1v) is 11.8. The standard InChI is InChI=1S/C27H25F3N6O/c1-35-11-13-36(14-12-35)25-4-2-3-24-22(25)15-20(17-32-24)34-26(37)33-19-5-6-21(18-7-9-31-10-8-18)23(16-19)27(28,29)30/h2-10,15-17H,11-14H2,1H3,(H2,33,34,37). The lowest BCUT2D eigenvalue weighted by Gasteiger charge is -2.34. The highest BCUT2D eigenvalue weighted by molar-refractivity contribution is 6.02. The van der Waals surface area contributed by atoms with E-state index >= 15 is 0 Å². The number of piperazine rings is 1. The van der Waals surface area contributed by atoms with Crippen molar-refractivity contribution in [2.24, 2.45) is 0 Å². The van der Waals surface area contributed by atoms with E-state index in [0.29, 0.717) is 11.3 Å². The molecule has 1 saturated heterocycles. The summed E-state index contributed by atoms with van der Waals surface area (Å²) in [5, 5.41) is 6.10. The average Bonchev–Trinajstić information content (AvgIpc) is 2.89. The van der Waals surface area contributed by atoms with Gasteiger partial charge in [-0.25, -0.2) is 4.79 Å². The van der Waals surface area contributed by atoms with Gasteiger partial charge in [0, 0.05) is 55.3 Å². The lowest BCUT2D eigenvalue weighted by Crippen LogP contribution is -2.44. The van der Waals surface area contributed by atoms with Crippen molar-refractivity contribution in [1.29, 1.82) is 0 Å². The second-order valence-corrected chi connectivity index (χ2v) is 8.93. The molecule has 0 atom stereocenters. The predicted octanol–water partition coefficient (Wildman–Crippen LogP) is 5.71. The number of aromatic nitrogens is 2. The van der Waals surface area contributed by atoms with Crippen LogP contribution in [0, 0.1) is 0 Å². The van der Waals surface area contributed by atoms with Crippen LogP contribution in [0.25, 0.3) is 22.0 Å². The van der Waals surface area contributed by atoms with Crippen LogP contribution in [0.1, 0.15) is 5.56 Å². The van der Waals surface area contributed by atoms with Crippen molar-refractivity contribution >= 4 is 34.0 Å². The summed E-state index contributed by atoms with van der Waals surface area (Å²) in [7, 11) is 2.09. The van der Waals surface area contributed by atoms with Crippen molar-refractivity contribution in [3.05, 3.63) is 78.8 Å². The van der Waals surface area contributed by atoms with Gasteiger partial charge >= 0.3 is 12.2 Å². The Kier molecular flexibility index (Phi) is 6.66. The molecule has 0 radical (unpaired) electrons. The summed E-state index contributed by atoms with van der Waals surface area (Å²) >= 11 is 0. The Bertz CT molecular complexity index is 1420. The van der Waals surface area contributed by atoms with Gasteiger partial charge in [0.25, 0.3) is 0 Å². The van der Waals surface area contributed by atoms with Gasteiger partial charge in [0.2, 0.25) is 0 Å². The van der Waals surface area contributed by atoms with E-state index in [1.54, 1.807) is 0 Å². The summed E-state index contributed by atoms with van der Waals surface area (Å²) in [6, 6.07) is 13.8. The van der Waals surface area contributed by atoms with E-state index < -0.39 is 17.8 Å². The van der Waals surface area contributed by atoms with Crippen molar-refractivity contribution in [3.8, 4) is 11.1 Å². The lowest BCUT2D eigenvalue weighted by atomic mass is 9.99. The number of benzene rings is 2. The number of urea groups is 1. The largest absolute Gasteiger partial charge is 0.417 e. The van der Waals surface area contributed by atoms with E-state index in [4.69, 9.17) is 0 Å². The van der Waals surface area contributed by atoms with Gasteiger partial charge in [-0.15, -0.1) is 0 Å². The fraction of sp³-hybridized carbons (Fsp3) is 0.222. The summed E-state index contributed by atoms with van der Waals surface area (Å²) in [6.45, 7) is 3.66. The summed E-state index contributed by atoms with van der Waals surface area (Å²) in [6.07, 6.45) is -0.207. The number of nitrogens with one attached hydrogen (secondary N) is 2. The maximum absolute atomic E-state index is 13.8. The fourth-order valence-electron chi connectivity index (χ4n) is 4.46. The topological polar surface area (TPSA) is 73.4 Å². The average molecular weight is 507 g/mol. The highest BCUT2D eigenvalue weighted by Crippen LogP contribution is 2.38. The Balaban J connectivity index is 1.36. The Morgan fingerprint density at radius 1 is 0.919 bits per heavy atom. The molecular weight excluding hydrogens is 481 g/mol. The Morgan fingerprint density at radius 2 is 1.65 bits per heavy atom. The first kappa shape index (κ1) is 24.5.